The number of amides is 1. The third-order valence-electron chi connectivity index (χ3n) is 4.23. The van der Waals surface area contributed by atoms with Gasteiger partial charge in [-0.3, -0.25) is 4.79 Å². The predicted octanol–water partition coefficient (Wildman–Crippen LogP) is 2.09. The normalized spacial score (nSPS) is 22.4. The molecule has 0 aliphatic carbocycles. The average Bonchev–Trinajstić information content (AvgIpc) is 3.22. The molecule has 1 aromatic rings. The lowest BCUT2D eigenvalue weighted by molar-refractivity contribution is -0.166. The van der Waals surface area contributed by atoms with Gasteiger partial charge in [-0.15, -0.1) is 10.2 Å². The summed E-state index contributed by atoms with van der Waals surface area (Å²) in [6, 6.07) is 3.47. The lowest BCUT2D eigenvalue weighted by Crippen LogP contribution is -2.46. The lowest BCUT2D eigenvalue weighted by Gasteiger charge is -2.20. The Balaban J connectivity index is 1.71. The quantitative estimate of drug-likeness (QED) is 0.843. The molecular formula is C15H14F3N3O4. The molecule has 134 valence electrons. The largest absolute Gasteiger partial charge is 0.480 e. The van der Waals surface area contributed by atoms with E-state index in [4.69, 9.17) is 4.74 Å². The van der Waals surface area contributed by atoms with Gasteiger partial charge in [0.05, 0.1) is 6.61 Å². The molecule has 1 fully saturated rings. The average molecular weight is 357 g/mol. The van der Waals surface area contributed by atoms with Crippen LogP contribution in [-0.4, -0.2) is 42.4 Å². The van der Waals surface area contributed by atoms with Crippen molar-refractivity contribution in [3.8, 4) is 0 Å². The highest BCUT2D eigenvalue weighted by Gasteiger charge is 2.65. The SMILES string of the molecule is O=C(NC(C(=O)O)C1CCOC1)c1ccc(C2(C(F)(F)F)N=N2)cc1. The van der Waals surface area contributed by atoms with Gasteiger partial charge in [0, 0.05) is 23.7 Å². The number of carbonyl (C=O) groups is 2. The van der Waals surface area contributed by atoms with Crippen molar-refractivity contribution < 1.29 is 32.6 Å². The molecule has 0 spiro atoms. The number of hydrogen-bond donors (Lipinski definition) is 2. The van der Waals surface area contributed by atoms with E-state index >= 15 is 0 Å². The van der Waals surface area contributed by atoms with E-state index in [0.29, 0.717) is 13.0 Å². The molecule has 2 atom stereocenters. The van der Waals surface area contributed by atoms with E-state index in [1.807, 2.05) is 0 Å². The Bertz CT molecular complexity index is 706. The van der Waals surface area contributed by atoms with Crippen LogP contribution in [0.25, 0.3) is 0 Å². The monoisotopic (exact) mass is 357 g/mol. The number of ether oxygens (including phenoxy) is 1. The number of nitrogens with zero attached hydrogens (tertiary/aromatic N) is 2. The fraction of sp³-hybridized carbons (Fsp3) is 0.467. The molecule has 1 amide bonds. The van der Waals surface area contributed by atoms with Crippen molar-refractivity contribution in [2.24, 2.45) is 16.1 Å². The van der Waals surface area contributed by atoms with E-state index in [0.717, 1.165) is 12.1 Å². The number of carboxylic acid groups (broad SMARTS) is 1. The van der Waals surface area contributed by atoms with Crippen LogP contribution in [0.5, 0.6) is 0 Å². The summed E-state index contributed by atoms with van der Waals surface area (Å²) in [5.41, 5.74) is -2.70. The van der Waals surface area contributed by atoms with E-state index in [9.17, 15) is 27.9 Å². The van der Waals surface area contributed by atoms with Gasteiger partial charge in [0.25, 0.3) is 5.91 Å². The number of carboxylic acids is 1. The molecule has 7 nitrogen and oxygen atoms in total. The van der Waals surface area contributed by atoms with E-state index in [-0.39, 0.29) is 23.7 Å². The van der Waals surface area contributed by atoms with Crippen molar-refractivity contribution in [3.63, 3.8) is 0 Å². The van der Waals surface area contributed by atoms with Gasteiger partial charge in [0.15, 0.2) is 0 Å². The number of halogens is 3. The first kappa shape index (κ1) is 17.3. The number of hydrogen-bond acceptors (Lipinski definition) is 5. The van der Waals surface area contributed by atoms with Crippen LogP contribution in [0.4, 0.5) is 13.2 Å². The second kappa shape index (κ2) is 6.10. The summed E-state index contributed by atoms with van der Waals surface area (Å²) in [5.74, 6) is -2.22. The number of nitrogens with one attached hydrogen (secondary N) is 1. The standard InChI is InChI=1S/C15H14F3N3O4/c16-15(17,18)14(20-21-14)10-3-1-8(2-4-10)12(22)19-11(13(23)24)9-5-6-25-7-9/h1-4,9,11H,5-7H2,(H,19,22)(H,23,24). The van der Waals surface area contributed by atoms with Crippen molar-refractivity contribution in [2.75, 3.05) is 13.2 Å². The van der Waals surface area contributed by atoms with Crippen molar-refractivity contribution in [1.29, 1.82) is 0 Å². The van der Waals surface area contributed by atoms with E-state index in [1.54, 1.807) is 0 Å². The fourth-order valence-corrected chi connectivity index (χ4v) is 2.72. The molecule has 2 aliphatic rings. The smallest absolute Gasteiger partial charge is 0.442 e. The lowest BCUT2D eigenvalue weighted by atomic mass is 9.98. The summed E-state index contributed by atoms with van der Waals surface area (Å²) < 4.78 is 43.9. The van der Waals surface area contributed by atoms with Crippen molar-refractivity contribution in [1.82, 2.24) is 5.32 Å². The van der Waals surface area contributed by atoms with Gasteiger partial charge in [-0.25, -0.2) is 4.79 Å². The Hall–Kier alpha value is -2.49. The first-order valence-corrected chi connectivity index (χ1v) is 7.47. The van der Waals surface area contributed by atoms with Gasteiger partial charge in [-0.05, 0) is 18.6 Å². The van der Waals surface area contributed by atoms with E-state index in [2.05, 4.69) is 15.5 Å². The zero-order chi connectivity index (χ0) is 18.2. The minimum Gasteiger partial charge on any atom is -0.480 e. The molecule has 0 bridgehead atoms. The Morgan fingerprint density at radius 3 is 2.36 bits per heavy atom. The Morgan fingerprint density at radius 2 is 1.92 bits per heavy atom. The molecular weight excluding hydrogens is 343 g/mol. The summed E-state index contributed by atoms with van der Waals surface area (Å²) in [6.07, 6.45) is -4.14. The Labute approximate surface area is 139 Å². The maximum atomic E-state index is 12.9. The van der Waals surface area contributed by atoms with Gasteiger partial charge >= 0.3 is 17.8 Å². The molecule has 2 heterocycles. The van der Waals surface area contributed by atoms with Gasteiger partial charge in [0.1, 0.15) is 6.04 Å². The summed E-state index contributed by atoms with van der Waals surface area (Å²) in [6.45, 7) is 0.652. The molecule has 2 unspecified atom stereocenters. The highest BCUT2D eigenvalue weighted by molar-refractivity contribution is 5.96. The number of alkyl halides is 3. The van der Waals surface area contributed by atoms with Crippen LogP contribution in [-0.2, 0) is 15.2 Å². The van der Waals surface area contributed by atoms with Crippen molar-refractivity contribution in [3.05, 3.63) is 35.4 Å². The van der Waals surface area contributed by atoms with Gasteiger partial charge in [-0.2, -0.15) is 13.2 Å². The molecule has 25 heavy (non-hydrogen) atoms. The van der Waals surface area contributed by atoms with Crippen LogP contribution >= 0.6 is 0 Å². The van der Waals surface area contributed by atoms with Crippen LogP contribution in [0.1, 0.15) is 22.3 Å². The molecule has 1 saturated heterocycles. The van der Waals surface area contributed by atoms with Crippen LogP contribution in [0.3, 0.4) is 0 Å². The summed E-state index contributed by atoms with van der Waals surface area (Å²) in [5, 5.41) is 17.8. The van der Waals surface area contributed by atoms with Crippen LogP contribution in [0, 0.1) is 5.92 Å². The molecule has 10 heteroatoms. The van der Waals surface area contributed by atoms with Gasteiger partial charge in [0.2, 0.25) is 0 Å². The predicted molar refractivity (Wildman–Crippen MR) is 76.8 cm³/mol. The number of rotatable bonds is 5. The summed E-state index contributed by atoms with van der Waals surface area (Å²) >= 11 is 0. The minimum absolute atomic E-state index is 0.0480. The second-order valence-electron chi connectivity index (χ2n) is 5.86. The van der Waals surface area contributed by atoms with Crippen LogP contribution in [0.2, 0.25) is 0 Å². The van der Waals surface area contributed by atoms with Crippen LogP contribution in [0.15, 0.2) is 34.5 Å². The second-order valence-corrected chi connectivity index (χ2v) is 5.86. The highest BCUT2D eigenvalue weighted by atomic mass is 19.4. The first-order valence-electron chi connectivity index (χ1n) is 7.47. The summed E-state index contributed by atoms with van der Waals surface area (Å²) in [4.78, 5) is 23.5. The van der Waals surface area contributed by atoms with Crippen LogP contribution < -0.4 is 5.32 Å². The topological polar surface area (TPSA) is 100 Å². The zero-order valence-corrected chi connectivity index (χ0v) is 12.8. The summed E-state index contributed by atoms with van der Waals surface area (Å²) in [7, 11) is 0. The molecule has 1 aromatic carbocycles. The third-order valence-corrected chi connectivity index (χ3v) is 4.23. The Kier molecular flexibility index (Phi) is 4.23. The number of benzene rings is 1. The maximum absolute atomic E-state index is 12.9. The molecule has 0 aromatic heterocycles. The highest BCUT2D eigenvalue weighted by Crippen LogP contribution is 2.52. The minimum atomic E-state index is -4.65. The molecule has 3 rings (SSSR count). The zero-order valence-electron chi connectivity index (χ0n) is 12.8. The maximum Gasteiger partial charge on any atom is 0.442 e. The Morgan fingerprint density at radius 1 is 1.28 bits per heavy atom. The van der Waals surface area contributed by atoms with Gasteiger partial charge < -0.3 is 15.2 Å². The number of carbonyl (C=O) groups excluding carboxylic acids is 1. The van der Waals surface area contributed by atoms with E-state index in [1.165, 1.54) is 12.1 Å². The molecule has 0 saturated carbocycles. The fourth-order valence-electron chi connectivity index (χ4n) is 2.72. The van der Waals surface area contributed by atoms with Gasteiger partial charge in [-0.1, -0.05) is 12.1 Å². The molecule has 2 aliphatic heterocycles. The first-order chi connectivity index (χ1) is 11.7. The van der Waals surface area contributed by atoms with Crippen molar-refractivity contribution >= 4 is 11.9 Å². The number of aliphatic carboxylic acids is 1. The molecule has 2 N–H and O–H groups in total. The van der Waals surface area contributed by atoms with Crippen molar-refractivity contribution in [2.45, 2.75) is 24.3 Å². The molecule has 0 radical (unpaired) electrons. The third kappa shape index (κ3) is 3.21. The van der Waals surface area contributed by atoms with E-state index < -0.39 is 29.8 Å².